The second kappa shape index (κ2) is 6.18. The van der Waals surface area contributed by atoms with Gasteiger partial charge < -0.3 is 15.2 Å². The number of amides is 1. The van der Waals surface area contributed by atoms with Crippen molar-refractivity contribution < 1.29 is 19.4 Å². The summed E-state index contributed by atoms with van der Waals surface area (Å²) in [5, 5.41) is 11.3. The summed E-state index contributed by atoms with van der Waals surface area (Å²) < 4.78 is 5.00. The number of carboxylic acid groups (broad SMARTS) is 1. The molecule has 0 bridgehead atoms. The molecule has 0 radical (unpaired) electrons. The van der Waals surface area contributed by atoms with E-state index in [-0.39, 0.29) is 11.7 Å². The minimum absolute atomic E-state index is 0.219. The molecule has 0 aliphatic heterocycles. The Morgan fingerprint density at radius 2 is 2.00 bits per heavy atom. The van der Waals surface area contributed by atoms with Gasteiger partial charge in [-0.25, -0.2) is 4.79 Å². The highest BCUT2D eigenvalue weighted by molar-refractivity contribution is 5.96. The number of methoxy groups -OCH3 is 1. The van der Waals surface area contributed by atoms with Crippen LogP contribution in [0.2, 0.25) is 0 Å². The summed E-state index contributed by atoms with van der Waals surface area (Å²) in [6.45, 7) is 5.32. The number of carboxylic acids is 1. The highest BCUT2D eigenvalue weighted by atomic mass is 16.5. The van der Waals surface area contributed by atoms with E-state index < -0.39 is 11.4 Å². The second-order valence-corrected chi connectivity index (χ2v) is 5.17. The third kappa shape index (κ3) is 4.38. The highest BCUT2D eigenvalue weighted by Gasteiger charge is 2.22. The lowest BCUT2D eigenvalue weighted by Crippen LogP contribution is -2.28. The summed E-state index contributed by atoms with van der Waals surface area (Å²) in [5.74, 6) is -0.694. The van der Waals surface area contributed by atoms with E-state index in [2.05, 4.69) is 10.3 Å². The predicted molar refractivity (Wildman–Crippen MR) is 75.5 cm³/mol. The number of aliphatic carboxylic acids is 1. The molecule has 108 valence electrons. The van der Waals surface area contributed by atoms with Crippen molar-refractivity contribution >= 4 is 23.8 Å². The van der Waals surface area contributed by atoms with E-state index in [4.69, 9.17) is 9.84 Å². The lowest BCUT2D eigenvalue weighted by molar-refractivity contribution is -0.131. The summed E-state index contributed by atoms with van der Waals surface area (Å²) >= 11 is 0. The summed E-state index contributed by atoms with van der Waals surface area (Å²) in [7, 11) is 1.46. The predicted octanol–water partition coefficient (Wildman–Crippen LogP) is 2.17. The Kier molecular flexibility index (Phi) is 4.85. The molecule has 2 N–H and O–H groups in total. The summed E-state index contributed by atoms with van der Waals surface area (Å²) in [6, 6.07) is 3.22. The average Bonchev–Trinajstić information content (AvgIpc) is 2.35. The minimum atomic E-state index is -1.08. The molecule has 1 rings (SSSR count). The Labute approximate surface area is 117 Å². The molecule has 0 aromatic carbocycles. The van der Waals surface area contributed by atoms with Crippen LogP contribution in [0.1, 0.15) is 26.3 Å². The van der Waals surface area contributed by atoms with Gasteiger partial charge in [-0.05, 0) is 12.1 Å². The molecule has 6 heteroatoms. The molecule has 0 spiro atoms. The van der Waals surface area contributed by atoms with Gasteiger partial charge in [-0.15, -0.1) is 0 Å². The van der Waals surface area contributed by atoms with Crippen molar-refractivity contribution in [3.05, 3.63) is 23.8 Å². The van der Waals surface area contributed by atoms with Gasteiger partial charge in [0.15, 0.2) is 0 Å². The van der Waals surface area contributed by atoms with Gasteiger partial charge in [-0.2, -0.15) is 4.98 Å². The number of carbonyl (C=O) groups is 2. The van der Waals surface area contributed by atoms with E-state index in [9.17, 15) is 9.59 Å². The second-order valence-electron chi connectivity index (χ2n) is 5.17. The molecule has 0 saturated carbocycles. The fraction of sp³-hybridized carbons (Fsp3) is 0.357. The number of nitrogens with one attached hydrogen (secondary N) is 1. The Morgan fingerprint density at radius 1 is 1.35 bits per heavy atom. The van der Waals surface area contributed by atoms with Crippen LogP contribution >= 0.6 is 0 Å². The smallest absolute Gasteiger partial charge is 0.328 e. The van der Waals surface area contributed by atoms with E-state index >= 15 is 0 Å². The minimum Gasteiger partial charge on any atom is -0.481 e. The van der Waals surface area contributed by atoms with Crippen molar-refractivity contribution in [3.63, 3.8) is 0 Å². The first-order valence-corrected chi connectivity index (χ1v) is 6.01. The number of carbonyl (C=O) groups excluding carboxylic acids is 1. The fourth-order valence-corrected chi connectivity index (χ4v) is 1.26. The van der Waals surface area contributed by atoms with Crippen molar-refractivity contribution in [2.45, 2.75) is 20.8 Å². The SMILES string of the molecule is COc1ccc(/C=C/C(=O)O)c(NC(=O)C(C)(C)C)n1. The third-order valence-corrected chi connectivity index (χ3v) is 2.43. The van der Waals surface area contributed by atoms with Crippen molar-refractivity contribution in [1.82, 2.24) is 4.98 Å². The molecule has 0 fully saturated rings. The summed E-state index contributed by atoms with van der Waals surface area (Å²) in [6.07, 6.45) is 2.35. The first-order chi connectivity index (χ1) is 9.24. The van der Waals surface area contributed by atoms with E-state index in [1.165, 1.54) is 13.2 Å². The molecule has 0 aliphatic carbocycles. The molecule has 1 aromatic rings. The van der Waals surface area contributed by atoms with Crippen LogP contribution in [0, 0.1) is 5.41 Å². The van der Waals surface area contributed by atoms with E-state index in [0.29, 0.717) is 11.4 Å². The van der Waals surface area contributed by atoms with Gasteiger partial charge in [0.05, 0.1) is 7.11 Å². The van der Waals surface area contributed by atoms with Gasteiger partial charge in [-0.1, -0.05) is 20.8 Å². The molecule has 0 unspecified atom stereocenters. The number of hydrogen-bond acceptors (Lipinski definition) is 4. The maximum atomic E-state index is 12.0. The van der Waals surface area contributed by atoms with Crippen molar-refractivity contribution in [2.24, 2.45) is 5.41 Å². The normalized spacial score (nSPS) is 11.4. The first kappa shape index (κ1) is 15.7. The molecule has 6 nitrogen and oxygen atoms in total. The maximum absolute atomic E-state index is 12.0. The quantitative estimate of drug-likeness (QED) is 0.824. The molecular formula is C14H18N2O4. The molecule has 0 aliphatic rings. The number of pyridine rings is 1. The molecule has 0 atom stereocenters. The van der Waals surface area contributed by atoms with Crippen molar-refractivity contribution in [2.75, 3.05) is 12.4 Å². The monoisotopic (exact) mass is 278 g/mol. The number of ether oxygens (including phenoxy) is 1. The topological polar surface area (TPSA) is 88.5 Å². The van der Waals surface area contributed by atoms with Gasteiger partial charge in [0.2, 0.25) is 11.8 Å². The highest BCUT2D eigenvalue weighted by Crippen LogP contribution is 2.22. The van der Waals surface area contributed by atoms with Gasteiger partial charge >= 0.3 is 5.97 Å². The van der Waals surface area contributed by atoms with Crippen LogP contribution in [0.4, 0.5) is 5.82 Å². The van der Waals surface area contributed by atoms with Crippen LogP contribution in [0.25, 0.3) is 6.08 Å². The number of rotatable bonds is 4. The van der Waals surface area contributed by atoms with Gasteiger partial charge in [0.25, 0.3) is 0 Å². The number of hydrogen-bond donors (Lipinski definition) is 2. The molecular weight excluding hydrogens is 260 g/mol. The maximum Gasteiger partial charge on any atom is 0.328 e. The van der Waals surface area contributed by atoms with Gasteiger partial charge in [0.1, 0.15) is 5.82 Å². The number of anilines is 1. The van der Waals surface area contributed by atoms with Crippen LogP contribution in [-0.2, 0) is 9.59 Å². The zero-order valence-corrected chi connectivity index (χ0v) is 11.9. The molecule has 1 amide bonds. The van der Waals surface area contributed by atoms with Crippen LogP contribution in [0.5, 0.6) is 5.88 Å². The fourth-order valence-electron chi connectivity index (χ4n) is 1.26. The van der Waals surface area contributed by atoms with Crippen LogP contribution in [0.15, 0.2) is 18.2 Å². The average molecular weight is 278 g/mol. The van der Waals surface area contributed by atoms with Gasteiger partial charge in [-0.3, -0.25) is 4.79 Å². The molecule has 20 heavy (non-hydrogen) atoms. The zero-order valence-electron chi connectivity index (χ0n) is 11.9. The van der Waals surface area contributed by atoms with Crippen LogP contribution in [-0.4, -0.2) is 29.1 Å². The number of aromatic nitrogens is 1. The Morgan fingerprint density at radius 3 is 2.50 bits per heavy atom. The van der Waals surface area contributed by atoms with Gasteiger partial charge in [0, 0.05) is 23.1 Å². The lowest BCUT2D eigenvalue weighted by atomic mass is 9.95. The Bertz CT molecular complexity index is 545. The molecule has 1 aromatic heterocycles. The van der Waals surface area contributed by atoms with Crippen molar-refractivity contribution in [3.8, 4) is 5.88 Å². The lowest BCUT2D eigenvalue weighted by Gasteiger charge is -2.18. The third-order valence-electron chi connectivity index (χ3n) is 2.43. The summed E-state index contributed by atoms with van der Waals surface area (Å²) in [5.41, 5.74) is -0.0933. The standard InChI is InChI=1S/C14H18N2O4/c1-14(2,3)13(19)16-12-9(6-8-11(17)18)5-7-10(15-12)20-4/h5-8H,1-4H3,(H,17,18)(H,15,16,19)/b8-6+. The Hall–Kier alpha value is -2.37. The van der Waals surface area contributed by atoms with Crippen LogP contribution in [0.3, 0.4) is 0 Å². The molecule has 0 saturated heterocycles. The Balaban J connectivity index is 3.13. The zero-order chi connectivity index (χ0) is 15.3. The van der Waals surface area contributed by atoms with E-state index in [1.54, 1.807) is 32.9 Å². The van der Waals surface area contributed by atoms with E-state index in [0.717, 1.165) is 6.08 Å². The summed E-state index contributed by atoms with van der Waals surface area (Å²) in [4.78, 5) is 26.7. The van der Waals surface area contributed by atoms with Crippen LogP contribution < -0.4 is 10.1 Å². The van der Waals surface area contributed by atoms with Crippen molar-refractivity contribution in [1.29, 1.82) is 0 Å². The number of nitrogens with zero attached hydrogens (tertiary/aromatic N) is 1. The first-order valence-electron chi connectivity index (χ1n) is 6.01. The largest absolute Gasteiger partial charge is 0.481 e. The van der Waals surface area contributed by atoms with E-state index in [1.807, 2.05) is 0 Å². The molecule has 1 heterocycles.